The van der Waals surface area contributed by atoms with E-state index in [9.17, 15) is 4.79 Å². The van der Waals surface area contributed by atoms with Gasteiger partial charge in [-0.25, -0.2) is 0 Å². The zero-order valence-corrected chi connectivity index (χ0v) is 10.2. The lowest BCUT2D eigenvalue weighted by Gasteiger charge is -2.04. The standard InChI is InChI=1S/C15H16N2O/c18-15(10-16-8-11-5-6-11)13-7-12-3-1-2-4-14(12)17-9-13/h1-4,7,9,11,16H,5-6,8,10H2. The number of aromatic nitrogens is 1. The number of fused-ring (bicyclic) bond motifs is 1. The van der Waals surface area contributed by atoms with Crippen LogP contribution in [0.15, 0.2) is 36.5 Å². The van der Waals surface area contributed by atoms with Crippen molar-refractivity contribution in [3.63, 3.8) is 0 Å². The Kier molecular flexibility index (Phi) is 3.07. The maximum absolute atomic E-state index is 12.0. The molecule has 1 aliphatic carbocycles. The molecule has 0 spiro atoms. The first-order chi connectivity index (χ1) is 8.83. The SMILES string of the molecule is O=C(CNCC1CC1)c1cnc2ccccc2c1. The fourth-order valence-corrected chi connectivity index (χ4v) is 2.04. The molecular weight excluding hydrogens is 224 g/mol. The van der Waals surface area contributed by atoms with Crippen molar-refractivity contribution in [1.82, 2.24) is 10.3 Å². The Morgan fingerprint density at radius 2 is 2.17 bits per heavy atom. The van der Waals surface area contributed by atoms with Crippen LogP contribution in [0.2, 0.25) is 0 Å². The topological polar surface area (TPSA) is 42.0 Å². The van der Waals surface area contributed by atoms with Crippen molar-refractivity contribution < 1.29 is 4.79 Å². The van der Waals surface area contributed by atoms with Gasteiger partial charge in [0.25, 0.3) is 0 Å². The highest BCUT2D eigenvalue weighted by molar-refractivity contribution is 6.00. The lowest BCUT2D eigenvalue weighted by Crippen LogP contribution is -2.25. The van der Waals surface area contributed by atoms with Crippen LogP contribution in [0.4, 0.5) is 0 Å². The molecule has 92 valence electrons. The van der Waals surface area contributed by atoms with Gasteiger partial charge in [-0.3, -0.25) is 9.78 Å². The van der Waals surface area contributed by atoms with E-state index in [2.05, 4.69) is 10.3 Å². The minimum absolute atomic E-state index is 0.119. The van der Waals surface area contributed by atoms with Crippen LogP contribution in [0.25, 0.3) is 10.9 Å². The van der Waals surface area contributed by atoms with E-state index < -0.39 is 0 Å². The highest BCUT2D eigenvalue weighted by atomic mass is 16.1. The number of benzene rings is 1. The van der Waals surface area contributed by atoms with Crippen LogP contribution < -0.4 is 5.32 Å². The maximum Gasteiger partial charge on any atom is 0.178 e. The van der Waals surface area contributed by atoms with Gasteiger partial charge in [0.15, 0.2) is 5.78 Å². The summed E-state index contributed by atoms with van der Waals surface area (Å²) in [4.78, 5) is 16.3. The molecular formula is C15H16N2O. The van der Waals surface area contributed by atoms with Gasteiger partial charge < -0.3 is 5.32 Å². The van der Waals surface area contributed by atoms with Crippen molar-refractivity contribution in [2.75, 3.05) is 13.1 Å². The molecule has 0 amide bonds. The van der Waals surface area contributed by atoms with Crippen LogP contribution >= 0.6 is 0 Å². The third-order valence-electron chi connectivity index (χ3n) is 3.33. The number of ketones is 1. The Morgan fingerprint density at radius 1 is 1.33 bits per heavy atom. The molecule has 0 radical (unpaired) electrons. The van der Waals surface area contributed by atoms with Gasteiger partial charge in [0, 0.05) is 17.1 Å². The van der Waals surface area contributed by atoms with Crippen molar-refractivity contribution in [1.29, 1.82) is 0 Å². The van der Waals surface area contributed by atoms with E-state index in [-0.39, 0.29) is 5.78 Å². The number of rotatable bonds is 5. The highest BCUT2D eigenvalue weighted by Gasteiger charge is 2.20. The van der Waals surface area contributed by atoms with Crippen LogP contribution in [-0.4, -0.2) is 23.9 Å². The average molecular weight is 240 g/mol. The van der Waals surface area contributed by atoms with Crippen molar-refractivity contribution in [3.05, 3.63) is 42.1 Å². The molecule has 3 heteroatoms. The molecule has 0 aliphatic heterocycles. The van der Waals surface area contributed by atoms with Gasteiger partial charge in [-0.05, 0) is 37.4 Å². The Labute approximate surface area is 106 Å². The van der Waals surface area contributed by atoms with Crippen LogP contribution in [-0.2, 0) is 0 Å². The number of nitrogens with one attached hydrogen (secondary N) is 1. The molecule has 0 saturated heterocycles. The molecule has 1 saturated carbocycles. The minimum Gasteiger partial charge on any atom is -0.309 e. The number of carbonyl (C=O) groups excluding carboxylic acids is 1. The molecule has 18 heavy (non-hydrogen) atoms. The molecule has 1 aromatic carbocycles. The van der Waals surface area contributed by atoms with Gasteiger partial charge in [0.05, 0.1) is 12.1 Å². The third kappa shape index (κ3) is 2.57. The second-order valence-corrected chi connectivity index (χ2v) is 4.91. The summed E-state index contributed by atoms with van der Waals surface area (Å²) in [6, 6.07) is 9.77. The molecule has 0 atom stereocenters. The number of nitrogens with zero attached hydrogens (tertiary/aromatic N) is 1. The molecule has 1 fully saturated rings. The van der Waals surface area contributed by atoms with Crippen molar-refractivity contribution >= 4 is 16.7 Å². The molecule has 0 bridgehead atoms. The summed E-state index contributed by atoms with van der Waals surface area (Å²) in [7, 11) is 0. The van der Waals surface area contributed by atoms with Crippen molar-refractivity contribution in [3.8, 4) is 0 Å². The minimum atomic E-state index is 0.119. The van der Waals surface area contributed by atoms with Crippen LogP contribution in [0.5, 0.6) is 0 Å². The smallest absolute Gasteiger partial charge is 0.178 e. The summed E-state index contributed by atoms with van der Waals surface area (Å²) >= 11 is 0. The number of hydrogen-bond acceptors (Lipinski definition) is 3. The third-order valence-corrected chi connectivity index (χ3v) is 3.33. The number of carbonyl (C=O) groups is 1. The Hall–Kier alpha value is -1.74. The molecule has 1 heterocycles. The summed E-state index contributed by atoms with van der Waals surface area (Å²) in [6.45, 7) is 1.38. The number of para-hydroxylation sites is 1. The fraction of sp³-hybridized carbons (Fsp3) is 0.333. The monoisotopic (exact) mass is 240 g/mol. The zero-order valence-electron chi connectivity index (χ0n) is 10.2. The van der Waals surface area contributed by atoms with Crippen molar-refractivity contribution in [2.24, 2.45) is 5.92 Å². The maximum atomic E-state index is 12.0. The first-order valence-corrected chi connectivity index (χ1v) is 6.41. The van der Waals surface area contributed by atoms with E-state index in [4.69, 9.17) is 0 Å². The summed E-state index contributed by atoms with van der Waals surface area (Å²) in [5.41, 5.74) is 1.62. The van der Waals surface area contributed by atoms with Gasteiger partial charge in [0.2, 0.25) is 0 Å². The number of Topliss-reactive ketones (excluding diaryl/α,β-unsaturated/α-hetero) is 1. The normalized spacial score (nSPS) is 14.9. The molecule has 2 aromatic rings. The predicted molar refractivity (Wildman–Crippen MR) is 71.7 cm³/mol. The molecule has 3 nitrogen and oxygen atoms in total. The second kappa shape index (κ2) is 4.86. The van der Waals surface area contributed by atoms with Crippen LogP contribution in [0.1, 0.15) is 23.2 Å². The summed E-state index contributed by atoms with van der Waals surface area (Å²) in [6.07, 6.45) is 4.28. The Balaban J connectivity index is 1.69. The zero-order chi connectivity index (χ0) is 12.4. The predicted octanol–water partition coefficient (Wildman–Crippen LogP) is 2.42. The lowest BCUT2D eigenvalue weighted by atomic mass is 10.1. The van der Waals surface area contributed by atoms with E-state index in [1.165, 1.54) is 12.8 Å². The molecule has 1 aliphatic rings. The van der Waals surface area contributed by atoms with E-state index in [1.807, 2.05) is 30.3 Å². The van der Waals surface area contributed by atoms with Gasteiger partial charge >= 0.3 is 0 Å². The first kappa shape index (κ1) is 11.4. The first-order valence-electron chi connectivity index (χ1n) is 6.41. The number of pyridine rings is 1. The van der Waals surface area contributed by atoms with Gasteiger partial charge in [-0.15, -0.1) is 0 Å². The fourth-order valence-electron chi connectivity index (χ4n) is 2.04. The molecule has 1 N–H and O–H groups in total. The summed E-state index contributed by atoms with van der Waals surface area (Å²) < 4.78 is 0. The molecule has 3 rings (SSSR count). The summed E-state index contributed by atoms with van der Waals surface area (Å²) in [5, 5.41) is 4.24. The van der Waals surface area contributed by atoms with E-state index in [0.717, 1.165) is 23.4 Å². The highest BCUT2D eigenvalue weighted by Crippen LogP contribution is 2.27. The Morgan fingerprint density at radius 3 is 3.00 bits per heavy atom. The largest absolute Gasteiger partial charge is 0.309 e. The quantitative estimate of drug-likeness (QED) is 0.816. The molecule has 1 aromatic heterocycles. The summed E-state index contributed by atoms with van der Waals surface area (Å²) in [5.74, 6) is 0.918. The van der Waals surface area contributed by atoms with Gasteiger partial charge in [0.1, 0.15) is 0 Å². The van der Waals surface area contributed by atoms with Crippen LogP contribution in [0, 0.1) is 5.92 Å². The average Bonchev–Trinajstić information content (AvgIpc) is 3.22. The Bertz CT molecular complexity index is 575. The number of hydrogen-bond donors (Lipinski definition) is 1. The van der Waals surface area contributed by atoms with Crippen LogP contribution in [0.3, 0.4) is 0 Å². The molecule has 0 unspecified atom stereocenters. The van der Waals surface area contributed by atoms with Crippen molar-refractivity contribution in [2.45, 2.75) is 12.8 Å². The van der Waals surface area contributed by atoms with E-state index >= 15 is 0 Å². The lowest BCUT2D eigenvalue weighted by molar-refractivity contribution is 0.0991. The second-order valence-electron chi connectivity index (χ2n) is 4.91. The van der Waals surface area contributed by atoms with Gasteiger partial charge in [-0.1, -0.05) is 18.2 Å². The van der Waals surface area contributed by atoms with E-state index in [0.29, 0.717) is 12.1 Å². The van der Waals surface area contributed by atoms with Gasteiger partial charge in [-0.2, -0.15) is 0 Å². The van der Waals surface area contributed by atoms with E-state index in [1.54, 1.807) is 6.20 Å².